The van der Waals surface area contributed by atoms with Crippen molar-refractivity contribution in [3.05, 3.63) is 145 Å². The molecule has 0 atom stereocenters. The molecule has 4 heteroatoms. The molecule has 2 heterocycles. The van der Waals surface area contributed by atoms with Crippen LogP contribution in [0.25, 0.3) is 47.7 Å². The monoisotopic (exact) mass is 550 g/mol. The third-order valence-corrected chi connectivity index (χ3v) is 8.99. The molecule has 0 N–H and O–H groups in total. The minimum atomic E-state index is 0.771. The van der Waals surface area contributed by atoms with Gasteiger partial charge in [0.2, 0.25) is 0 Å². The molecular weight excluding hydrogens is 528 g/mol. The van der Waals surface area contributed by atoms with E-state index in [4.69, 9.17) is 11.6 Å². The lowest BCUT2D eigenvalue weighted by Gasteiger charge is -2.26. The minimum absolute atomic E-state index is 0.771. The number of fused-ring (bicyclic) bond motifs is 6. The first-order valence-corrected chi connectivity index (χ1v) is 14.5. The van der Waals surface area contributed by atoms with Gasteiger partial charge in [0.05, 0.1) is 11.0 Å². The Morgan fingerprint density at radius 1 is 0.475 bits per heavy atom. The summed E-state index contributed by atoms with van der Waals surface area (Å²) in [5.41, 5.74) is 6.89. The van der Waals surface area contributed by atoms with Gasteiger partial charge in [-0.1, -0.05) is 78.3 Å². The molecule has 40 heavy (non-hydrogen) atoms. The van der Waals surface area contributed by atoms with E-state index in [0.717, 1.165) is 27.8 Å². The molecule has 0 aliphatic rings. The molecular formula is C36H23ClN2S. The Kier molecular flexibility index (Phi) is 5.41. The summed E-state index contributed by atoms with van der Waals surface area (Å²) >= 11 is 8.10. The summed E-state index contributed by atoms with van der Waals surface area (Å²) in [4.78, 5) is 2.35. The number of anilines is 3. The van der Waals surface area contributed by atoms with Crippen LogP contribution in [0, 0.1) is 0 Å². The Morgan fingerprint density at radius 3 is 2.00 bits per heavy atom. The van der Waals surface area contributed by atoms with E-state index < -0.39 is 0 Å². The SMILES string of the molecule is Clc1ccc2c(c1)sc1ccc(N(c3ccccc3)c3ccc4c5ccccc5n(-c5ccccc5)c4c3)cc12. The summed E-state index contributed by atoms with van der Waals surface area (Å²) in [5.74, 6) is 0. The molecule has 0 amide bonds. The standard InChI is InChI=1S/C36H23ClN2S/c37-24-15-18-31-32-22-27(17-20-35(32)40-36(31)21-24)38(25-9-3-1-4-10-25)28-16-19-30-29-13-7-8-14-33(29)39(34(30)23-28)26-11-5-2-6-12-26/h1-23H. The summed E-state index contributed by atoms with van der Waals surface area (Å²) in [6.07, 6.45) is 0. The highest BCUT2D eigenvalue weighted by Crippen LogP contribution is 2.42. The topological polar surface area (TPSA) is 8.17 Å². The Balaban J connectivity index is 1.39. The van der Waals surface area contributed by atoms with Gasteiger partial charge in [0.25, 0.3) is 0 Å². The van der Waals surface area contributed by atoms with Gasteiger partial charge in [0.1, 0.15) is 0 Å². The summed E-state index contributed by atoms with van der Waals surface area (Å²) < 4.78 is 4.84. The van der Waals surface area contributed by atoms with E-state index >= 15 is 0 Å². The van der Waals surface area contributed by atoms with Crippen LogP contribution in [0.2, 0.25) is 5.02 Å². The lowest BCUT2D eigenvalue weighted by atomic mass is 10.1. The first-order valence-electron chi connectivity index (χ1n) is 13.3. The zero-order valence-electron chi connectivity index (χ0n) is 21.5. The van der Waals surface area contributed by atoms with Crippen molar-refractivity contribution < 1.29 is 0 Å². The molecule has 6 aromatic carbocycles. The highest BCUT2D eigenvalue weighted by Gasteiger charge is 2.18. The van der Waals surface area contributed by atoms with Gasteiger partial charge in [-0.25, -0.2) is 0 Å². The second-order valence-electron chi connectivity index (χ2n) is 9.98. The number of hydrogen-bond donors (Lipinski definition) is 0. The number of aromatic nitrogens is 1. The Bertz CT molecular complexity index is 2180. The van der Waals surface area contributed by atoms with Gasteiger partial charge in [-0.15, -0.1) is 11.3 Å². The third kappa shape index (κ3) is 3.70. The van der Waals surface area contributed by atoms with Gasteiger partial charge in [-0.2, -0.15) is 0 Å². The van der Waals surface area contributed by atoms with E-state index in [2.05, 4.69) is 143 Å². The number of benzene rings is 6. The molecule has 0 aliphatic heterocycles. The second kappa shape index (κ2) is 9.27. The predicted molar refractivity (Wildman–Crippen MR) is 173 cm³/mol. The molecule has 0 radical (unpaired) electrons. The first-order chi connectivity index (χ1) is 19.7. The fourth-order valence-corrected chi connectivity index (χ4v) is 7.22. The van der Waals surface area contributed by atoms with Crippen LogP contribution in [0.15, 0.2) is 140 Å². The van der Waals surface area contributed by atoms with E-state index in [9.17, 15) is 0 Å². The Labute approximate surface area is 240 Å². The lowest BCUT2D eigenvalue weighted by Crippen LogP contribution is -2.09. The van der Waals surface area contributed by atoms with Gasteiger partial charge in [0.15, 0.2) is 0 Å². The molecule has 8 aromatic rings. The number of nitrogens with zero attached hydrogens (tertiary/aromatic N) is 2. The largest absolute Gasteiger partial charge is 0.310 e. The zero-order chi connectivity index (χ0) is 26.6. The number of rotatable bonds is 4. The zero-order valence-corrected chi connectivity index (χ0v) is 23.0. The van der Waals surface area contributed by atoms with Crippen molar-refractivity contribution in [1.82, 2.24) is 4.57 Å². The highest BCUT2D eigenvalue weighted by atomic mass is 35.5. The van der Waals surface area contributed by atoms with Crippen LogP contribution in [-0.2, 0) is 0 Å². The second-order valence-corrected chi connectivity index (χ2v) is 11.5. The quantitative estimate of drug-likeness (QED) is 0.211. The van der Waals surface area contributed by atoms with Gasteiger partial charge in [-0.05, 0) is 72.8 Å². The third-order valence-electron chi connectivity index (χ3n) is 7.62. The van der Waals surface area contributed by atoms with Gasteiger partial charge in [0, 0.05) is 58.7 Å². The van der Waals surface area contributed by atoms with E-state index in [-0.39, 0.29) is 0 Å². The van der Waals surface area contributed by atoms with Gasteiger partial charge < -0.3 is 9.47 Å². The van der Waals surface area contributed by atoms with Crippen molar-refractivity contribution in [3.63, 3.8) is 0 Å². The van der Waals surface area contributed by atoms with Crippen molar-refractivity contribution in [2.24, 2.45) is 0 Å². The maximum absolute atomic E-state index is 6.32. The van der Waals surface area contributed by atoms with Crippen molar-refractivity contribution >= 4 is 82.0 Å². The van der Waals surface area contributed by atoms with Crippen LogP contribution in [0.4, 0.5) is 17.1 Å². The van der Waals surface area contributed by atoms with Crippen LogP contribution < -0.4 is 4.90 Å². The molecule has 0 aliphatic carbocycles. The first kappa shape index (κ1) is 23.3. The Morgan fingerprint density at radius 2 is 1.15 bits per heavy atom. The molecule has 0 saturated carbocycles. The summed E-state index contributed by atoms with van der Waals surface area (Å²) in [6, 6.07) is 49.7. The fraction of sp³-hybridized carbons (Fsp3) is 0. The van der Waals surface area contributed by atoms with Gasteiger partial charge in [-0.3, -0.25) is 0 Å². The van der Waals surface area contributed by atoms with Crippen LogP contribution in [-0.4, -0.2) is 4.57 Å². The smallest absolute Gasteiger partial charge is 0.0561 e. The average Bonchev–Trinajstić information content (AvgIpc) is 3.52. The van der Waals surface area contributed by atoms with Crippen LogP contribution in [0.1, 0.15) is 0 Å². The maximum Gasteiger partial charge on any atom is 0.0561 e. The fourth-order valence-electron chi connectivity index (χ4n) is 5.86. The average molecular weight is 551 g/mol. The lowest BCUT2D eigenvalue weighted by molar-refractivity contribution is 1.18. The molecule has 0 unspecified atom stereocenters. The number of halogens is 1. The van der Waals surface area contributed by atoms with E-state index in [1.807, 2.05) is 6.07 Å². The minimum Gasteiger partial charge on any atom is -0.310 e. The molecule has 0 bridgehead atoms. The molecule has 0 saturated heterocycles. The van der Waals surface area contributed by atoms with E-state index in [0.29, 0.717) is 0 Å². The van der Waals surface area contributed by atoms with Crippen LogP contribution in [0.3, 0.4) is 0 Å². The number of para-hydroxylation sites is 3. The molecule has 2 nitrogen and oxygen atoms in total. The maximum atomic E-state index is 6.32. The summed E-state index contributed by atoms with van der Waals surface area (Å²) in [7, 11) is 0. The van der Waals surface area contributed by atoms with E-state index in [1.54, 1.807) is 11.3 Å². The van der Waals surface area contributed by atoms with Gasteiger partial charge >= 0.3 is 0 Å². The number of hydrogen-bond acceptors (Lipinski definition) is 2. The Hall–Kier alpha value is -4.57. The van der Waals surface area contributed by atoms with Crippen LogP contribution >= 0.6 is 22.9 Å². The molecule has 0 spiro atoms. The molecule has 8 rings (SSSR count). The normalized spacial score (nSPS) is 11.6. The summed E-state index contributed by atoms with van der Waals surface area (Å²) in [6.45, 7) is 0. The van der Waals surface area contributed by atoms with Crippen molar-refractivity contribution in [1.29, 1.82) is 0 Å². The molecule has 2 aromatic heterocycles. The van der Waals surface area contributed by atoms with Crippen molar-refractivity contribution in [3.8, 4) is 5.69 Å². The highest BCUT2D eigenvalue weighted by molar-refractivity contribution is 7.25. The molecule has 190 valence electrons. The number of thiophene rings is 1. The van der Waals surface area contributed by atoms with Crippen LogP contribution in [0.5, 0.6) is 0 Å². The predicted octanol–water partition coefficient (Wildman–Crippen LogP) is 11.3. The summed E-state index contributed by atoms with van der Waals surface area (Å²) in [5, 5.41) is 5.75. The van der Waals surface area contributed by atoms with E-state index in [1.165, 1.54) is 42.0 Å². The van der Waals surface area contributed by atoms with Crippen molar-refractivity contribution in [2.45, 2.75) is 0 Å². The molecule has 0 fully saturated rings. The van der Waals surface area contributed by atoms with Crippen molar-refractivity contribution in [2.75, 3.05) is 4.90 Å².